The molecule has 0 spiro atoms. The van der Waals surface area contributed by atoms with Gasteiger partial charge in [-0.1, -0.05) is 20.8 Å². The Labute approximate surface area is 79.5 Å². The fourth-order valence-electron chi connectivity index (χ4n) is 1.35. The van der Waals surface area contributed by atoms with Crippen molar-refractivity contribution in [3.05, 3.63) is 0 Å². The van der Waals surface area contributed by atoms with Crippen molar-refractivity contribution in [2.45, 2.75) is 45.6 Å². The minimum Gasteiger partial charge on any atom is -0.394 e. The smallest absolute Gasteiger partial charge is 0.225 e. The number of carbonyl (C=O) groups excluding carboxylic acids is 1. The van der Waals surface area contributed by atoms with Crippen LogP contribution in [0.25, 0.3) is 0 Å². The molecule has 3 heteroatoms. The lowest BCUT2D eigenvalue weighted by Gasteiger charge is -2.42. The van der Waals surface area contributed by atoms with Gasteiger partial charge < -0.3 is 10.4 Å². The van der Waals surface area contributed by atoms with Gasteiger partial charge in [-0.05, 0) is 19.3 Å². The fraction of sp³-hybridized carbons (Fsp3) is 0.900. The number of hydrogen-bond acceptors (Lipinski definition) is 2. The Bertz CT molecular complexity index is 196. The van der Waals surface area contributed by atoms with E-state index in [2.05, 4.69) is 5.32 Å². The van der Waals surface area contributed by atoms with Gasteiger partial charge in [-0.2, -0.15) is 0 Å². The van der Waals surface area contributed by atoms with E-state index >= 15 is 0 Å². The van der Waals surface area contributed by atoms with Gasteiger partial charge in [0.2, 0.25) is 5.91 Å². The van der Waals surface area contributed by atoms with Crippen molar-refractivity contribution >= 4 is 5.91 Å². The quantitative estimate of drug-likeness (QED) is 0.676. The normalized spacial score (nSPS) is 20.6. The number of nitrogens with one attached hydrogen (secondary N) is 1. The monoisotopic (exact) mass is 185 g/mol. The molecular weight excluding hydrogens is 166 g/mol. The Hall–Kier alpha value is -0.570. The molecule has 3 nitrogen and oxygen atoms in total. The average Bonchev–Trinajstić information content (AvgIpc) is 1.94. The second-order valence-electron chi connectivity index (χ2n) is 5.00. The van der Waals surface area contributed by atoms with Crippen LogP contribution in [0.5, 0.6) is 0 Å². The summed E-state index contributed by atoms with van der Waals surface area (Å²) in [6.45, 7) is 5.71. The van der Waals surface area contributed by atoms with Crippen molar-refractivity contribution in [2.24, 2.45) is 5.41 Å². The molecule has 1 aliphatic rings. The molecule has 0 unspecified atom stereocenters. The highest BCUT2D eigenvalue weighted by molar-refractivity contribution is 5.82. The lowest BCUT2D eigenvalue weighted by molar-refractivity contribution is -0.132. The molecule has 0 bridgehead atoms. The Morgan fingerprint density at radius 2 is 2.00 bits per heavy atom. The van der Waals surface area contributed by atoms with Crippen molar-refractivity contribution < 1.29 is 9.90 Å². The highest BCUT2D eigenvalue weighted by Crippen LogP contribution is 2.32. The average molecular weight is 185 g/mol. The third-order valence-corrected chi connectivity index (χ3v) is 2.67. The molecular formula is C10H19NO2. The topological polar surface area (TPSA) is 49.3 Å². The highest BCUT2D eigenvalue weighted by Gasteiger charge is 2.39. The van der Waals surface area contributed by atoms with Gasteiger partial charge in [0.05, 0.1) is 12.1 Å². The van der Waals surface area contributed by atoms with Gasteiger partial charge in [0.15, 0.2) is 0 Å². The SMILES string of the molecule is CC(C)(C)C(=O)NC1(CO)CCC1. The van der Waals surface area contributed by atoms with Gasteiger partial charge in [-0.15, -0.1) is 0 Å². The standard InChI is InChI=1S/C10H19NO2/c1-9(2,3)8(13)11-10(7-12)5-4-6-10/h12H,4-7H2,1-3H3,(H,11,13). The molecule has 13 heavy (non-hydrogen) atoms. The molecule has 1 aliphatic carbocycles. The van der Waals surface area contributed by atoms with E-state index in [9.17, 15) is 4.79 Å². The van der Waals surface area contributed by atoms with Crippen molar-refractivity contribution in [3.63, 3.8) is 0 Å². The van der Waals surface area contributed by atoms with E-state index in [1.807, 2.05) is 20.8 Å². The van der Waals surface area contributed by atoms with Crippen molar-refractivity contribution in [2.75, 3.05) is 6.61 Å². The Morgan fingerprint density at radius 1 is 1.46 bits per heavy atom. The van der Waals surface area contributed by atoms with Crippen molar-refractivity contribution in [1.29, 1.82) is 0 Å². The van der Waals surface area contributed by atoms with Crippen LogP contribution in [0.2, 0.25) is 0 Å². The zero-order chi connectivity index (χ0) is 10.1. The molecule has 76 valence electrons. The van der Waals surface area contributed by atoms with Crippen LogP contribution in [0.15, 0.2) is 0 Å². The van der Waals surface area contributed by atoms with Crippen LogP contribution >= 0.6 is 0 Å². The number of aliphatic hydroxyl groups is 1. The van der Waals surface area contributed by atoms with E-state index in [1.54, 1.807) is 0 Å². The zero-order valence-corrected chi connectivity index (χ0v) is 8.68. The number of carbonyl (C=O) groups is 1. The number of aliphatic hydroxyl groups excluding tert-OH is 1. The minimum atomic E-state index is -0.363. The van der Waals surface area contributed by atoms with E-state index in [-0.39, 0.29) is 23.5 Å². The predicted molar refractivity (Wildman–Crippen MR) is 51.3 cm³/mol. The molecule has 0 atom stereocenters. The Morgan fingerprint density at radius 3 is 2.23 bits per heavy atom. The van der Waals surface area contributed by atoms with E-state index in [0.717, 1.165) is 19.3 Å². The van der Waals surface area contributed by atoms with E-state index < -0.39 is 0 Å². The number of hydrogen-bond donors (Lipinski definition) is 2. The zero-order valence-electron chi connectivity index (χ0n) is 8.68. The first-order valence-electron chi connectivity index (χ1n) is 4.83. The third-order valence-electron chi connectivity index (χ3n) is 2.67. The van der Waals surface area contributed by atoms with Crippen molar-refractivity contribution in [3.8, 4) is 0 Å². The van der Waals surface area contributed by atoms with Crippen LogP contribution in [0.3, 0.4) is 0 Å². The van der Waals surface area contributed by atoms with Gasteiger partial charge >= 0.3 is 0 Å². The maximum atomic E-state index is 11.6. The minimum absolute atomic E-state index is 0.0289. The van der Waals surface area contributed by atoms with Crippen LogP contribution in [0.4, 0.5) is 0 Å². The first kappa shape index (κ1) is 10.5. The van der Waals surface area contributed by atoms with E-state index in [1.165, 1.54) is 0 Å². The van der Waals surface area contributed by atoms with Crippen molar-refractivity contribution in [1.82, 2.24) is 5.32 Å². The summed E-state index contributed by atoms with van der Waals surface area (Å²) in [6.07, 6.45) is 2.92. The van der Waals surface area contributed by atoms with E-state index in [0.29, 0.717) is 0 Å². The van der Waals surface area contributed by atoms with Crippen LogP contribution in [0.1, 0.15) is 40.0 Å². The third kappa shape index (κ3) is 2.21. The van der Waals surface area contributed by atoms with Gasteiger partial charge in [0, 0.05) is 5.41 Å². The molecule has 1 rings (SSSR count). The number of amides is 1. The van der Waals surface area contributed by atoms with Gasteiger partial charge in [-0.3, -0.25) is 4.79 Å². The summed E-state index contributed by atoms with van der Waals surface area (Å²) in [5, 5.41) is 12.1. The molecule has 0 aromatic carbocycles. The van der Waals surface area contributed by atoms with Crippen LogP contribution < -0.4 is 5.32 Å². The van der Waals surface area contributed by atoms with E-state index in [4.69, 9.17) is 5.11 Å². The molecule has 0 aromatic heterocycles. The first-order valence-corrected chi connectivity index (χ1v) is 4.83. The summed E-state index contributed by atoms with van der Waals surface area (Å²) >= 11 is 0. The summed E-state index contributed by atoms with van der Waals surface area (Å²) in [5.74, 6) is 0.0289. The summed E-state index contributed by atoms with van der Waals surface area (Å²) in [7, 11) is 0. The molecule has 0 aromatic rings. The summed E-state index contributed by atoms with van der Waals surface area (Å²) < 4.78 is 0. The van der Waals surface area contributed by atoms with Crippen LogP contribution in [-0.4, -0.2) is 23.2 Å². The van der Waals surface area contributed by atoms with Crippen LogP contribution in [0, 0.1) is 5.41 Å². The molecule has 1 fully saturated rings. The Kier molecular flexibility index (Phi) is 2.66. The summed E-state index contributed by atoms with van der Waals surface area (Å²) in [5.41, 5.74) is -0.665. The maximum Gasteiger partial charge on any atom is 0.225 e. The van der Waals surface area contributed by atoms with Gasteiger partial charge in [-0.25, -0.2) is 0 Å². The van der Waals surface area contributed by atoms with Gasteiger partial charge in [0.1, 0.15) is 0 Å². The lowest BCUT2D eigenvalue weighted by Crippen LogP contribution is -2.58. The predicted octanol–water partition coefficient (Wildman–Crippen LogP) is 1.06. The molecule has 0 aliphatic heterocycles. The molecule has 2 N–H and O–H groups in total. The molecule has 0 radical (unpaired) electrons. The molecule has 0 saturated heterocycles. The highest BCUT2D eigenvalue weighted by atomic mass is 16.3. The Balaban J connectivity index is 2.52. The second-order valence-corrected chi connectivity index (χ2v) is 5.00. The lowest BCUT2D eigenvalue weighted by atomic mass is 9.76. The summed E-state index contributed by atoms with van der Waals surface area (Å²) in [4.78, 5) is 11.6. The van der Waals surface area contributed by atoms with Crippen LogP contribution in [-0.2, 0) is 4.79 Å². The summed E-state index contributed by atoms with van der Waals surface area (Å²) in [6, 6.07) is 0. The fourth-order valence-corrected chi connectivity index (χ4v) is 1.35. The van der Waals surface area contributed by atoms with Gasteiger partial charge in [0.25, 0.3) is 0 Å². The molecule has 1 amide bonds. The maximum absolute atomic E-state index is 11.6. The first-order chi connectivity index (χ1) is 5.90. The molecule has 1 saturated carbocycles. The molecule has 0 heterocycles. The largest absolute Gasteiger partial charge is 0.394 e. The second kappa shape index (κ2) is 3.29. The number of rotatable bonds is 2.